The molecule has 37 heavy (non-hydrogen) atoms. The van der Waals surface area contributed by atoms with Crippen LogP contribution in [0, 0.1) is 6.92 Å². The van der Waals surface area contributed by atoms with Crippen molar-refractivity contribution in [1.82, 2.24) is 14.9 Å². The number of hydrogen-bond donors (Lipinski definition) is 1. The van der Waals surface area contributed by atoms with Crippen LogP contribution in [0.1, 0.15) is 33.9 Å². The van der Waals surface area contributed by atoms with Crippen molar-refractivity contribution in [3.05, 3.63) is 131 Å². The maximum Gasteiger partial charge on any atom is 0.295 e. The highest BCUT2D eigenvalue weighted by atomic mass is 16.5. The lowest BCUT2D eigenvalue weighted by molar-refractivity contribution is -0.140. The Morgan fingerprint density at radius 3 is 2.32 bits per heavy atom. The van der Waals surface area contributed by atoms with E-state index in [1.165, 1.54) is 4.90 Å². The summed E-state index contributed by atoms with van der Waals surface area (Å²) in [5.41, 5.74) is 3.69. The van der Waals surface area contributed by atoms with Crippen LogP contribution in [0.4, 0.5) is 0 Å². The number of ether oxygens (including phenoxy) is 1. The molecule has 1 aliphatic heterocycles. The lowest BCUT2D eigenvalue weighted by Crippen LogP contribution is -2.29. The molecule has 0 spiro atoms. The van der Waals surface area contributed by atoms with Gasteiger partial charge in [0.2, 0.25) is 0 Å². The van der Waals surface area contributed by atoms with Crippen molar-refractivity contribution in [3.8, 4) is 5.75 Å². The Kier molecular flexibility index (Phi) is 6.76. The first-order valence-electron chi connectivity index (χ1n) is 11.9. The van der Waals surface area contributed by atoms with Crippen molar-refractivity contribution in [2.24, 2.45) is 0 Å². The number of aryl methyl sites for hydroxylation is 1. The zero-order valence-electron chi connectivity index (χ0n) is 20.2. The number of Topliss-reactive ketones (excluding diaryl/α,β-unsaturated/α-hetero) is 1. The average molecular weight is 492 g/mol. The summed E-state index contributed by atoms with van der Waals surface area (Å²) in [5.74, 6) is -0.990. The van der Waals surface area contributed by atoms with E-state index in [1.54, 1.807) is 61.2 Å². The average Bonchev–Trinajstić information content (AvgIpc) is 3.18. The number of carbonyl (C=O) groups is 2. The molecular weight excluding hydrogens is 466 g/mol. The fourth-order valence-corrected chi connectivity index (χ4v) is 4.47. The van der Waals surface area contributed by atoms with E-state index in [1.807, 2.05) is 43.3 Å². The molecule has 5 rings (SSSR count). The molecule has 1 saturated heterocycles. The van der Waals surface area contributed by atoms with Gasteiger partial charge in [0.05, 0.1) is 11.6 Å². The van der Waals surface area contributed by atoms with Crippen molar-refractivity contribution in [3.63, 3.8) is 0 Å². The Balaban J connectivity index is 1.50. The summed E-state index contributed by atoms with van der Waals surface area (Å²) in [5, 5.41) is 11.4. The largest absolute Gasteiger partial charge is 0.507 e. The van der Waals surface area contributed by atoms with E-state index < -0.39 is 17.7 Å². The molecule has 4 aromatic rings. The van der Waals surface area contributed by atoms with E-state index in [2.05, 4.69) is 9.97 Å². The van der Waals surface area contributed by atoms with Crippen LogP contribution in [0.3, 0.4) is 0 Å². The first-order chi connectivity index (χ1) is 18.0. The molecule has 1 N–H and O–H groups in total. The molecule has 1 fully saturated rings. The number of amides is 1. The highest BCUT2D eigenvalue weighted by Gasteiger charge is 2.46. The molecule has 7 heteroatoms. The molecule has 0 saturated carbocycles. The molecule has 3 heterocycles. The van der Waals surface area contributed by atoms with Crippen LogP contribution in [0.2, 0.25) is 0 Å². The van der Waals surface area contributed by atoms with Crippen LogP contribution in [0.15, 0.2) is 103 Å². The number of hydrogen-bond acceptors (Lipinski definition) is 6. The van der Waals surface area contributed by atoms with Crippen molar-refractivity contribution < 1.29 is 19.4 Å². The first kappa shape index (κ1) is 23.9. The van der Waals surface area contributed by atoms with Gasteiger partial charge in [-0.05, 0) is 59.5 Å². The summed E-state index contributed by atoms with van der Waals surface area (Å²) >= 11 is 0. The van der Waals surface area contributed by atoms with Gasteiger partial charge in [0.15, 0.2) is 0 Å². The minimum atomic E-state index is -0.789. The highest BCUT2D eigenvalue weighted by molar-refractivity contribution is 6.46. The van der Waals surface area contributed by atoms with Gasteiger partial charge in [-0.3, -0.25) is 19.6 Å². The second-order valence-corrected chi connectivity index (χ2v) is 8.83. The normalized spacial score (nSPS) is 16.7. The van der Waals surface area contributed by atoms with Crippen molar-refractivity contribution >= 4 is 17.4 Å². The number of likely N-dealkylation sites (tertiary alicyclic amines) is 1. The highest BCUT2D eigenvalue weighted by Crippen LogP contribution is 2.40. The summed E-state index contributed by atoms with van der Waals surface area (Å²) < 4.78 is 5.95. The summed E-state index contributed by atoms with van der Waals surface area (Å²) in [4.78, 5) is 36.1. The van der Waals surface area contributed by atoms with Crippen LogP contribution in [-0.2, 0) is 22.7 Å². The van der Waals surface area contributed by atoms with Gasteiger partial charge in [-0.25, -0.2) is 0 Å². The molecule has 2 aromatic carbocycles. The molecule has 1 unspecified atom stereocenters. The van der Waals surface area contributed by atoms with Gasteiger partial charge in [0.1, 0.15) is 18.1 Å². The summed E-state index contributed by atoms with van der Waals surface area (Å²) in [6.07, 6.45) is 6.52. The predicted octanol–water partition coefficient (Wildman–Crippen LogP) is 4.99. The molecule has 7 nitrogen and oxygen atoms in total. The van der Waals surface area contributed by atoms with Crippen molar-refractivity contribution in [2.75, 3.05) is 0 Å². The van der Waals surface area contributed by atoms with Crippen molar-refractivity contribution in [1.29, 1.82) is 0 Å². The minimum Gasteiger partial charge on any atom is -0.507 e. The quantitative estimate of drug-likeness (QED) is 0.223. The lowest BCUT2D eigenvalue weighted by atomic mass is 9.95. The molecule has 2 aromatic heterocycles. The van der Waals surface area contributed by atoms with Gasteiger partial charge >= 0.3 is 0 Å². The Bertz CT molecular complexity index is 1450. The van der Waals surface area contributed by atoms with E-state index in [-0.39, 0.29) is 17.9 Å². The van der Waals surface area contributed by atoms with Gasteiger partial charge in [-0.1, -0.05) is 42.5 Å². The fraction of sp³-hybridized carbons (Fsp3) is 0.133. The zero-order chi connectivity index (χ0) is 25.8. The summed E-state index contributed by atoms with van der Waals surface area (Å²) in [6.45, 7) is 2.45. The standard InChI is InChI=1S/C30H25N3O4/c1-20-15-23(11-12-25(20)37-19-21-7-3-2-4-8-21)28(34)26-27(24-10-6-14-32-17-24)33(30(36)29(26)35)18-22-9-5-13-31-16-22/h2-17,27,34H,18-19H2,1H3. The van der Waals surface area contributed by atoms with Crippen LogP contribution < -0.4 is 4.74 Å². The molecule has 1 atom stereocenters. The number of pyridine rings is 2. The zero-order valence-corrected chi connectivity index (χ0v) is 20.2. The Hall–Kier alpha value is -4.78. The molecular formula is C30H25N3O4. The molecule has 1 aliphatic rings. The Morgan fingerprint density at radius 1 is 0.919 bits per heavy atom. The van der Waals surface area contributed by atoms with E-state index in [0.717, 1.165) is 16.7 Å². The number of benzene rings is 2. The smallest absolute Gasteiger partial charge is 0.295 e. The van der Waals surface area contributed by atoms with E-state index in [4.69, 9.17) is 4.74 Å². The van der Waals surface area contributed by atoms with E-state index >= 15 is 0 Å². The van der Waals surface area contributed by atoms with Gasteiger partial charge in [-0.2, -0.15) is 0 Å². The number of nitrogens with zero attached hydrogens (tertiary/aromatic N) is 3. The van der Waals surface area contributed by atoms with Gasteiger partial charge in [0.25, 0.3) is 11.7 Å². The maximum atomic E-state index is 13.2. The second-order valence-electron chi connectivity index (χ2n) is 8.83. The number of aliphatic hydroxyl groups excluding tert-OH is 1. The van der Waals surface area contributed by atoms with Crippen molar-refractivity contribution in [2.45, 2.75) is 26.1 Å². The molecule has 0 bridgehead atoms. The summed E-state index contributed by atoms with van der Waals surface area (Å²) in [6, 6.07) is 21.4. The second kappa shape index (κ2) is 10.5. The lowest BCUT2D eigenvalue weighted by Gasteiger charge is -2.25. The van der Waals surface area contributed by atoms with Gasteiger partial charge in [-0.15, -0.1) is 0 Å². The van der Waals surface area contributed by atoms with Gasteiger partial charge in [0, 0.05) is 36.9 Å². The molecule has 0 aliphatic carbocycles. The third-order valence-corrected chi connectivity index (χ3v) is 6.30. The maximum absolute atomic E-state index is 13.2. The van der Waals surface area contributed by atoms with Crippen LogP contribution in [-0.4, -0.2) is 31.7 Å². The molecule has 184 valence electrons. The topological polar surface area (TPSA) is 92.6 Å². The third-order valence-electron chi connectivity index (χ3n) is 6.30. The number of ketones is 1. The minimum absolute atomic E-state index is 0.0271. The first-order valence-corrected chi connectivity index (χ1v) is 11.9. The molecule has 0 radical (unpaired) electrons. The fourth-order valence-electron chi connectivity index (χ4n) is 4.47. The van der Waals surface area contributed by atoms with Crippen LogP contribution >= 0.6 is 0 Å². The van der Waals surface area contributed by atoms with Crippen LogP contribution in [0.25, 0.3) is 5.76 Å². The summed E-state index contributed by atoms with van der Waals surface area (Å²) in [7, 11) is 0. The number of carbonyl (C=O) groups excluding carboxylic acids is 2. The number of aliphatic hydroxyl groups is 1. The predicted molar refractivity (Wildman–Crippen MR) is 138 cm³/mol. The Morgan fingerprint density at radius 2 is 1.65 bits per heavy atom. The Labute approximate surface area is 214 Å². The third kappa shape index (κ3) is 4.97. The monoisotopic (exact) mass is 491 g/mol. The SMILES string of the molecule is Cc1cc(C(O)=C2C(=O)C(=O)N(Cc3cccnc3)C2c2cccnc2)ccc1OCc1ccccc1. The molecule has 1 amide bonds. The number of aromatic nitrogens is 2. The van der Waals surface area contributed by atoms with Gasteiger partial charge < -0.3 is 14.7 Å². The van der Waals surface area contributed by atoms with E-state index in [9.17, 15) is 14.7 Å². The van der Waals surface area contributed by atoms with E-state index in [0.29, 0.717) is 23.5 Å². The number of rotatable bonds is 7. The van der Waals surface area contributed by atoms with Crippen LogP contribution in [0.5, 0.6) is 5.75 Å².